The Morgan fingerprint density at radius 2 is 2.09 bits per heavy atom. The van der Waals surface area contributed by atoms with Crippen LogP contribution >= 0.6 is 11.3 Å². The Labute approximate surface area is 130 Å². The van der Waals surface area contributed by atoms with Gasteiger partial charge in [0.15, 0.2) is 5.13 Å². The van der Waals surface area contributed by atoms with Crippen LogP contribution in [0.5, 0.6) is 0 Å². The van der Waals surface area contributed by atoms with Crippen LogP contribution in [0.25, 0.3) is 0 Å². The SMILES string of the molecule is Nc1ncc(CNCC2(c3cccc(C(F)(F)F)c3)CC2)s1. The Morgan fingerprint density at radius 3 is 2.68 bits per heavy atom. The van der Waals surface area contributed by atoms with Crippen molar-refractivity contribution in [2.45, 2.75) is 31.0 Å². The summed E-state index contributed by atoms with van der Waals surface area (Å²) in [6.45, 7) is 1.29. The number of nitrogens with zero attached hydrogens (tertiary/aromatic N) is 1. The first kappa shape index (κ1) is 15.3. The summed E-state index contributed by atoms with van der Waals surface area (Å²) in [6, 6.07) is 5.67. The molecule has 0 bridgehead atoms. The molecule has 0 aliphatic heterocycles. The number of hydrogen-bond acceptors (Lipinski definition) is 4. The smallest absolute Gasteiger partial charge is 0.375 e. The van der Waals surface area contributed by atoms with Gasteiger partial charge in [-0.15, -0.1) is 11.3 Å². The van der Waals surface area contributed by atoms with Gasteiger partial charge in [-0.1, -0.05) is 18.2 Å². The third-order valence-corrected chi connectivity index (χ3v) is 4.82. The van der Waals surface area contributed by atoms with E-state index in [-0.39, 0.29) is 5.41 Å². The lowest BCUT2D eigenvalue weighted by atomic mass is 9.94. The lowest BCUT2D eigenvalue weighted by Crippen LogP contribution is -2.26. The van der Waals surface area contributed by atoms with Crippen LogP contribution in [0.3, 0.4) is 0 Å². The number of benzene rings is 1. The van der Waals surface area contributed by atoms with Crippen molar-refractivity contribution in [2.75, 3.05) is 12.3 Å². The van der Waals surface area contributed by atoms with Gasteiger partial charge in [-0.3, -0.25) is 0 Å². The zero-order chi connectivity index (χ0) is 15.8. The molecule has 22 heavy (non-hydrogen) atoms. The number of aromatic nitrogens is 1. The van der Waals surface area contributed by atoms with E-state index in [0.717, 1.165) is 29.3 Å². The topological polar surface area (TPSA) is 50.9 Å². The van der Waals surface area contributed by atoms with Crippen molar-refractivity contribution in [2.24, 2.45) is 0 Å². The van der Waals surface area contributed by atoms with Gasteiger partial charge in [0.05, 0.1) is 5.56 Å². The molecular formula is C15H16F3N3S. The van der Waals surface area contributed by atoms with Crippen LogP contribution in [0.15, 0.2) is 30.5 Å². The maximum absolute atomic E-state index is 12.8. The van der Waals surface area contributed by atoms with Gasteiger partial charge in [-0.25, -0.2) is 4.98 Å². The molecule has 7 heteroatoms. The summed E-state index contributed by atoms with van der Waals surface area (Å²) < 4.78 is 38.5. The molecule has 1 aliphatic carbocycles. The fourth-order valence-electron chi connectivity index (χ4n) is 2.57. The van der Waals surface area contributed by atoms with Gasteiger partial charge in [-0.2, -0.15) is 13.2 Å². The highest BCUT2D eigenvalue weighted by atomic mass is 32.1. The lowest BCUT2D eigenvalue weighted by Gasteiger charge is -2.18. The molecule has 118 valence electrons. The van der Waals surface area contributed by atoms with E-state index in [0.29, 0.717) is 18.2 Å². The van der Waals surface area contributed by atoms with Gasteiger partial charge in [0.25, 0.3) is 0 Å². The number of hydrogen-bond donors (Lipinski definition) is 2. The summed E-state index contributed by atoms with van der Waals surface area (Å²) in [4.78, 5) is 5.00. The summed E-state index contributed by atoms with van der Waals surface area (Å²) in [6.07, 6.45) is -0.755. The van der Waals surface area contributed by atoms with Crippen LogP contribution in [0.4, 0.5) is 18.3 Å². The standard InChI is InChI=1S/C15H16F3N3S/c16-15(17,18)11-3-1-2-10(6-11)14(4-5-14)9-20-7-12-8-21-13(19)22-12/h1-3,6,8,20H,4-5,7,9H2,(H2,19,21). The quantitative estimate of drug-likeness (QED) is 0.883. The van der Waals surface area contributed by atoms with E-state index >= 15 is 0 Å². The first-order chi connectivity index (χ1) is 10.4. The summed E-state index contributed by atoms with van der Waals surface area (Å²) in [5.74, 6) is 0. The summed E-state index contributed by atoms with van der Waals surface area (Å²) in [7, 11) is 0. The fraction of sp³-hybridized carbons (Fsp3) is 0.400. The van der Waals surface area contributed by atoms with Crippen LogP contribution in [0.2, 0.25) is 0 Å². The number of alkyl halides is 3. The minimum absolute atomic E-state index is 0.169. The van der Waals surface area contributed by atoms with E-state index in [4.69, 9.17) is 5.73 Å². The Kier molecular flexibility index (Phi) is 3.86. The van der Waals surface area contributed by atoms with Crippen LogP contribution in [0.1, 0.15) is 28.8 Å². The lowest BCUT2D eigenvalue weighted by molar-refractivity contribution is -0.137. The average Bonchev–Trinajstić information content (AvgIpc) is 3.14. The van der Waals surface area contributed by atoms with Gasteiger partial charge < -0.3 is 11.1 Å². The van der Waals surface area contributed by atoms with E-state index < -0.39 is 11.7 Å². The number of nitrogens with one attached hydrogen (secondary N) is 1. The molecule has 1 aromatic heterocycles. The largest absolute Gasteiger partial charge is 0.416 e. The van der Waals surface area contributed by atoms with Crippen LogP contribution in [0, 0.1) is 0 Å². The summed E-state index contributed by atoms with van der Waals surface area (Å²) >= 11 is 1.42. The van der Waals surface area contributed by atoms with Gasteiger partial charge >= 0.3 is 6.18 Å². The first-order valence-electron chi connectivity index (χ1n) is 6.98. The van der Waals surface area contributed by atoms with Crippen LogP contribution in [-0.4, -0.2) is 11.5 Å². The molecule has 1 aromatic carbocycles. The first-order valence-corrected chi connectivity index (χ1v) is 7.79. The van der Waals surface area contributed by atoms with E-state index in [2.05, 4.69) is 10.3 Å². The molecule has 1 saturated carbocycles. The molecule has 1 fully saturated rings. The van der Waals surface area contributed by atoms with Crippen molar-refractivity contribution in [3.8, 4) is 0 Å². The molecule has 0 radical (unpaired) electrons. The number of halogens is 3. The van der Waals surface area contributed by atoms with Crippen molar-refractivity contribution in [3.05, 3.63) is 46.5 Å². The Bertz CT molecular complexity index is 662. The monoisotopic (exact) mass is 327 g/mol. The number of rotatable bonds is 5. The van der Waals surface area contributed by atoms with E-state index in [1.165, 1.54) is 23.5 Å². The van der Waals surface area contributed by atoms with Gasteiger partial charge in [0.1, 0.15) is 0 Å². The molecule has 3 nitrogen and oxygen atoms in total. The molecule has 3 rings (SSSR count). The number of thiazole rings is 1. The third kappa shape index (κ3) is 3.25. The fourth-order valence-corrected chi connectivity index (χ4v) is 3.23. The Morgan fingerprint density at radius 1 is 1.32 bits per heavy atom. The predicted molar refractivity (Wildman–Crippen MR) is 80.6 cm³/mol. The van der Waals surface area contributed by atoms with Crippen molar-refractivity contribution >= 4 is 16.5 Å². The Hall–Kier alpha value is -1.60. The van der Waals surface area contributed by atoms with Crippen molar-refractivity contribution in [3.63, 3.8) is 0 Å². The molecule has 0 saturated heterocycles. The molecule has 0 atom stereocenters. The zero-order valence-electron chi connectivity index (χ0n) is 11.8. The number of anilines is 1. The van der Waals surface area contributed by atoms with E-state index in [1.54, 1.807) is 12.3 Å². The molecule has 3 N–H and O–H groups in total. The molecule has 1 aliphatic rings. The predicted octanol–water partition coefficient (Wildman–Crippen LogP) is 3.57. The zero-order valence-corrected chi connectivity index (χ0v) is 12.6. The van der Waals surface area contributed by atoms with Crippen LogP contribution in [-0.2, 0) is 18.1 Å². The Balaban J connectivity index is 1.66. The van der Waals surface area contributed by atoms with Gasteiger partial charge in [0.2, 0.25) is 0 Å². The number of nitrogens with two attached hydrogens (primary N) is 1. The maximum Gasteiger partial charge on any atom is 0.416 e. The van der Waals surface area contributed by atoms with E-state index in [1.807, 2.05) is 0 Å². The highest BCUT2D eigenvalue weighted by molar-refractivity contribution is 7.15. The van der Waals surface area contributed by atoms with Crippen molar-refractivity contribution in [1.29, 1.82) is 0 Å². The van der Waals surface area contributed by atoms with Crippen LogP contribution < -0.4 is 11.1 Å². The van der Waals surface area contributed by atoms with Gasteiger partial charge in [-0.05, 0) is 24.5 Å². The highest BCUT2D eigenvalue weighted by Gasteiger charge is 2.44. The average molecular weight is 327 g/mol. The molecular weight excluding hydrogens is 311 g/mol. The molecule has 0 unspecified atom stereocenters. The third-order valence-electron chi connectivity index (χ3n) is 3.99. The number of nitrogen functional groups attached to an aromatic ring is 1. The molecule has 0 spiro atoms. The second-order valence-corrected chi connectivity index (χ2v) is 6.77. The second-order valence-electron chi connectivity index (χ2n) is 5.63. The molecule has 0 amide bonds. The normalized spacial score (nSPS) is 16.7. The second kappa shape index (κ2) is 5.55. The minimum Gasteiger partial charge on any atom is -0.375 e. The van der Waals surface area contributed by atoms with E-state index in [9.17, 15) is 13.2 Å². The highest BCUT2D eigenvalue weighted by Crippen LogP contribution is 2.48. The maximum atomic E-state index is 12.8. The molecule has 2 aromatic rings. The minimum atomic E-state index is -4.29. The van der Waals surface area contributed by atoms with Crippen molar-refractivity contribution in [1.82, 2.24) is 10.3 Å². The summed E-state index contributed by atoms with van der Waals surface area (Å²) in [5.41, 5.74) is 5.59. The van der Waals surface area contributed by atoms with Crippen molar-refractivity contribution < 1.29 is 13.2 Å². The molecule has 1 heterocycles. The van der Waals surface area contributed by atoms with Gasteiger partial charge in [0, 0.05) is 29.6 Å². The summed E-state index contributed by atoms with van der Waals surface area (Å²) in [5, 5.41) is 3.83.